The lowest BCUT2D eigenvalue weighted by atomic mass is 10.3. The summed E-state index contributed by atoms with van der Waals surface area (Å²) in [5.74, 6) is 2.16. The molecule has 7 nitrogen and oxygen atoms in total. The lowest BCUT2D eigenvalue weighted by Gasteiger charge is -2.36. The van der Waals surface area contributed by atoms with Gasteiger partial charge in [0.15, 0.2) is 11.7 Å². The lowest BCUT2D eigenvalue weighted by Crippen LogP contribution is -2.54. The number of rotatable bonds is 5. The SMILES string of the molecule is CC(C)NC(=NCCc1ccco1)N1CCN(C(=O)c2ccco2)CC1.I. The first-order chi connectivity index (χ1) is 12.6. The van der Waals surface area contributed by atoms with E-state index in [0.29, 0.717) is 31.4 Å². The van der Waals surface area contributed by atoms with Crippen molar-refractivity contribution in [1.82, 2.24) is 15.1 Å². The first kappa shape index (κ1) is 21.3. The second kappa shape index (κ2) is 10.4. The first-order valence-corrected chi connectivity index (χ1v) is 9.04. The molecule has 0 saturated carbocycles. The van der Waals surface area contributed by atoms with Crippen LogP contribution in [0, 0.1) is 0 Å². The highest BCUT2D eigenvalue weighted by atomic mass is 127. The van der Waals surface area contributed by atoms with Crippen molar-refractivity contribution in [3.63, 3.8) is 0 Å². The number of nitrogens with zero attached hydrogens (tertiary/aromatic N) is 3. The number of aliphatic imine (C=N–C) groups is 1. The summed E-state index contributed by atoms with van der Waals surface area (Å²) in [5.41, 5.74) is 0. The fourth-order valence-corrected chi connectivity index (χ4v) is 2.90. The molecule has 1 saturated heterocycles. The van der Waals surface area contributed by atoms with E-state index in [9.17, 15) is 4.79 Å². The molecular formula is C19H27IN4O3. The molecule has 0 atom stereocenters. The molecule has 0 unspecified atom stereocenters. The maximum atomic E-state index is 12.4. The Morgan fingerprint density at radius 1 is 1.11 bits per heavy atom. The minimum Gasteiger partial charge on any atom is -0.469 e. The number of amides is 1. The molecule has 1 aliphatic heterocycles. The van der Waals surface area contributed by atoms with E-state index in [-0.39, 0.29) is 29.9 Å². The Bertz CT molecular complexity index is 705. The van der Waals surface area contributed by atoms with E-state index in [1.54, 1.807) is 18.4 Å². The molecule has 0 bridgehead atoms. The summed E-state index contributed by atoms with van der Waals surface area (Å²) in [6.45, 7) is 7.64. The fraction of sp³-hybridized carbons (Fsp3) is 0.474. The molecule has 1 N–H and O–H groups in total. The van der Waals surface area contributed by atoms with E-state index in [4.69, 9.17) is 13.8 Å². The zero-order valence-corrected chi connectivity index (χ0v) is 18.1. The van der Waals surface area contributed by atoms with Crippen molar-refractivity contribution in [1.29, 1.82) is 0 Å². The van der Waals surface area contributed by atoms with Crippen molar-refractivity contribution in [3.05, 3.63) is 48.3 Å². The third kappa shape index (κ3) is 6.02. The van der Waals surface area contributed by atoms with Gasteiger partial charge in [0, 0.05) is 45.2 Å². The van der Waals surface area contributed by atoms with Crippen molar-refractivity contribution < 1.29 is 13.6 Å². The number of halogens is 1. The average Bonchev–Trinajstić information content (AvgIpc) is 3.34. The van der Waals surface area contributed by atoms with Gasteiger partial charge >= 0.3 is 0 Å². The fourth-order valence-electron chi connectivity index (χ4n) is 2.90. The minimum absolute atomic E-state index is 0. The number of hydrogen-bond acceptors (Lipinski definition) is 4. The molecule has 3 heterocycles. The van der Waals surface area contributed by atoms with Crippen LogP contribution in [0.1, 0.15) is 30.2 Å². The Balaban J connectivity index is 0.00000261. The predicted octanol–water partition coefficient (Wildman–Crippen LogP) is 2.85. The third-order valence-corrected chi connectivity index (χ3v) is 4.22. The van der Waals surface area contributed by atoms with Crippen molar-refractivity contribution in [2.24, 2.45) is 4.99 Å². The van der Waals surface area contributed by atoms with Gasteiger partial charge in [-0.1, -0.05) is 0 Å². The van der Waals surface area contributed by atoms with Gasteiger partial charge in [-0.25, -0.2) is 0 Å². The molecule has 148 valence electrons. The highest BCUT2D eigenvalue weighted by molar-refractivity contribution is 14.0. The summed E-state index contributed by atoms with van der Waals surface area (Å²) in [6.07, 6.45) is 3.98. The molecule has 0 spiro atoms. The van der Waals surface area contributed by atoms with Gasteiger partial charge in [0.05, 0.1) is 12.5 Å². The van der Waals surface area contributed by atoms with E-state index < -0.39 is 0 Å². The van der Waals surface area contributed by atoms with Gasteiger partial charge in [-0.2, -0.15) is 0 Å². The van der Waals surface area contributed by atoms with E-state index in [2.05, 4.69) is 24.1 Å². The van der Waals surface area contributed by atoms with Gasteiger partial charge < -0.3 is 24.0 Å². The molecule has 2 aromatic heterocycles. The van der Waals surface area contributed by atoms with Gasteiger partial charge in [-0.05, 0) is 38.1 Å². The molecule has 1 aliphatic rings. The highest BCUT2D eigenvalue weighted by Crippen LogP contribution is 2.10. The number of hydrogen-bond donors (Lipinski definition) is 1. The maximum Gasteiger partial charge on any atom is 0.289 e. The average molecular weight is 486 g/mol. The van der Waals surface area contributed by atoms with Crippen LogP contribution < -0.4 is 5.32 Å². The van der Waals surface area contributed by atoms with E-state index >= 15 is 0 Å². The third-order valence-electron chi connectivity index (χ3n) is 4.22. The normalized spacial score (nSPS) is 15.0. The zero-order chi connectivity index (χ0) is 18.4. The summed E-state index contributed by atoms with van der Waals surface area (Å²) < 4.78 is 10.6. The summed E-state index contributed by atoms with van der Waals surface area (Å²) in [4.78, 5) is 21.1. The lowest BCUT2D eigenvalue weighted by molar-refractivity contribution is 0.0657. The Morgan fingerprint density at radius 3 is 2.37 bits per heavy atom. The molecule has 1 fully saturated rings. The second-order valence-electron chi connectivity index (χ2n) is 6.59. The smallest absolute Gasteiger partial charge is 0.289 e. The quantitative estimate of drug-likeness (QED) is 0.400. The van der Waals surface area contributed by atoms with E-state index in [1.807, 2.05) is 17.0 Å². The van der Waals surface area contributed by atoms with Crippen molar-refractivity contribution >= 4 is 35.8 Å². The number of furan rings is 2. The number of carbonyl (C=O) groups is 1. The second-order valence-corrected chi connectivity index (χ2v) is 6.59. The van der Waals surface area contributed by atoms with Crippen LogP contribution in [0.25, 0.3) is 0 Å². The Morgan fingerprint density at radius 2 is 1.78 bits per heavy atom. The number of carbonyl (C=O) groups excluding carboxylic acids is 1. The van der Waals surface area contributed by atoms with Crippen LogP contribution in [0.5, 0.6) is 0 Å². The number of guanidine groups is 1. The molecule has 3 rings (SSSR count). The van der Waals surface area contributed by atoms with Crippen LogP contribution >= 0.6 is 24.0 Å². The molecule has 0 radical (unpaired) electrons. The van der Waals surface area contributed by atoms with Crippen LogP contribution in [0.2, 0.25) is 0 Å². The molecule has 2 aromatic rings. The molecular weight excluding hydrogens is 459 g/mol. The van der Waals surface area contributed by atoms with Crippen molar-refractivity contribution in [2.75, 3.05) is 32.7 Å². The van der Waals surface area contributed by atoms with Gasteiger partial charge in [0.1, 0.15) is 5.76 Å². The summed E-state index contributed by atoms with van der Waals surface area (Å²) in [6, 6.07) is 7.59. The molecule has 1 amide bonds. The monoisotopic (exact) mass is 486 g/mol. The predicted molar refractivity (Wildman–Crippen MR) is 115 cm³/mol. The first-order valence-electron chi connectivity index (χ1n) is 9.04. The Labute approximate surface area is 176 Å². The molecule has 27 heavy (non-hydrogen) atoms. The summed E-state index contributed by atoms with van der Waals surface area (Å²) in [7, 11) is 0. The zero-order valence-electron chi connectivity index (χ0n) is 15.8. The summed E-state index contributed by atoms with van der Waals surface area (Å²) in [5, 5.41) is 3.42. The van der Waals surface area contributed by atoms with E-state index in [1.165, 1.54) is 6.26 Å². The highest BCUT2D eigenvalue weighted by Gasteiger charge is 2.25. The largest absolute Gasteiger partial charge is 0.469 e. The van der Waals surface area contributed by atoms with Crippen LogP contribution in [0.3, 0.4) is 0 Å². The Kier molecular flexibility index (Phi) is 8.21. The standard InChI is InChI=1S/C19H26N4O3.HI/c1-15(2)21-19(20-8-7-16-5-3-13-25-16)23-11-9-22(10-12-23)18(24)17-6-4-14-26-17;/h3-6,13-15H,7-12H2,1-2H3,(H,20,21);1H. The van der Waals surface area contributed by atoms with Crippen LogP contribution in [0.15, 0.2) is 50.6 Å². The maximum absolute atomic E-state index is 12.4. The number of nitrogens with one attached hydrogen (secondary N) is 1. The topological polar surface area (TPSA) is 74.2 Å². The minimum atomic E-state index is -0.0530. The van der Waals surface area contributed by atoms with Crippen molar-refractivity contribution in [2.45, 2.75) is 26.3 Å². The Hall–Kier alpha value is -1.97. The molecule has 0 aromatic carbocycles. The van der Waals surface area contributed by atoms with Gasteiger partial charge in [0.2, 0.25) is 0 Å². The van der Waals surface area contributed by atoms with Crippen LogP contribution in [0.4, 0.5) is 0 Å². The van der Waals surface area contributed by atoms with Crippen LogP contribution in [-0.4, -0.2) is 60.4 Å². The number of piperazine rings is 1. The van der Waals surface area contributed by atoms with Gasteiger partial charge in [0.25, 0.3) is 5.91 Å². The van der Waals surface area contributed by atoms with Crippen LogP contribution in [-0.2, 0) is 6.42 Å². The molecule has 0 aliphatic carbocycles. The molecule has 8 heteroatoms. The van der Waals surface area contributed by atoms with Crippen molar-refractivity contribution in [3.8, 4) is 0 Å². The summed E-state index contributed by atoms with van der Waals surface area (Å²) >= 11 is 0. The van der Waals surface area contributed by atoms with E-state index in [0.717, 1.165) is 31.2 Å². The van der Waals surface area contributed by atoms with Gasteiger partial charge in [-0.3, -0.25) is 9.79 Å². The van der Waals surface area contributed by atoms with Gasteiger partial charge in [-0.15, -0.1) is 24.0 Å².